The first-order valence-electron chi connectivity index (χ1n) is 10.1. The fraction of sp³-hybridized carbons (Fsp3) is 0.591. The predicted molar refractivity (Wildman–Crippen MR) is 105 cm³/mol. The van der Waals surface area contributed by atoms with E-state index < -0.39 is 0 Å². The maximum Gasteiger partial charge on any atom is 0.118 e. The molecule has 1 spiro atoms. The van der Waals surface area contributed by atoms with Crippen molar-refractivity contribution in [3.63, 3.8) is 0 Å². The lowest BCUT2D eigenvalue weighted by atomic mass is 9.76. The van der Waals surface area contributed by atoms with Crippen LogP contribution >= 0.6 is 0 Å². The minimum absolute atomic E-state index is 0.424. The SMILES string of the molecule is COCC1CC2(CCN(Cc3ccc(C)o3)CC2)CN1Cc1ccccn1. The van der Waals surface area contributed by atoms with Crippen LogP contribution in [0.15, 0.2) is 40.9 Å². The maximum absolute atomic E-state index is 5.76. The van der Waals surface area contributed by atoms with Crippen molar-refractivity contribution in [2.75, 3.05) is 33.4 Å². The van der Waals surface area contributed by atoms with Crippen LogP contribution in [0.5, 0.6) is 0 Å². The Kier molecular flexibility index (Phi) is 5.62. The highest BCUT2D eigenvalue weighted by Gasteiger charge is 2.45. The van der Waals surface area contributed by atoms with Gasteiger partial charge in [0.2, 0.25) is 0 Å². The molecule has 5 heteroatoms. The van der Waals surface area contributed by atoms with E-state index in [1.807, 2.05) is 26.3 Å². The molecule has 1 unspecified atom stereocenters. The van der Waals surface area contributed by atoms with E-state index in [-0.39, 0.29) is 0 Å². The summed E-state index contributed by atoms with van der Waals surface area (Å²) in [6, 6.07) is 10.9. The third-order valence-electron chi connectivity index (χ3n) is 6.27. The molecule has 0 radical (unpaired) electrons. The third kappa shape index (κ3) is 4.42. The van der Waals surface area contributed by atoms with Crippen molar-refractivity contribution >= 4 is 0 Å². The second kappa shape index (κ2) is 8.13. The van der Waals surface area contributed by atoms with Gasteiger partial charge in [-0.1, -0.05) is 6.07 Å². The molecule has 146 valence electrons. The van der Waals surface area contributed by atoms with Crippen molar-refractivity contribution in [1.82, 2.24) is 14.8 Å². The summed E-state index contributed by atoms with van der Waals surface area (Å²) in [5, 5.41) is 0. The molecule has 2 fully saturated rings. The molecular formula is C22H31N3O2. The summed E-state index contributed by atoms with van der Waals surface area (Å²) in [6.45, 7) is 8.14. The molecule has 2 aliphatic rings. The van der Waals surface area contributed by atoms with Crippen LogP contribution in [0.2, 0.25) is 0 Å². The lowest BCUT2D eigenvalue weighted by molar-refractivity contribution is 0.0962. The van der Waals surface area contributed by atoms with Crippen LogP contribution in [0.4, 0.5) is 0 Å². The number of hydrogen-bond donors (Lipinski definition) is 0. The van der Waals surface area contributed by atoms with Crippen LogP contribution in [0.1, 0.15) is 36.5 Å². The number of aromatic nitrogens is 1. The van der Waals surface area contributed by atoms with E-state index in [0.29, 0.717) is 11.5 Å². The molecule has 4 rings (SSSR count). The predicted octanol–water partition coefficient (Wildman–Crippen LogP) is 3.49. The zero-order chi connectivity index (χ0) is 18.7. The van der Waals surface area contributed by atoms with Gasteiger partial charge in [0, 0.05) is 32.4 Å². The molecule has 0 aliphatic carbocycles. The quantitative estimate of drug-likeness (QED) is 0.780. The number of likely N-dealkylation sites (tertiary alicyclic amines) is 2. The van der Waals surface area contributed by atoms with Gasteiger partial charge in [-0.3, -0.25) is 14.8 Å². The van der Waals surface area contributed by atoms with Crippen LogP contribution < -0.4 is 0 Å². The molecule has 0 bridgehead atoms. The van der Waals surface area contributed by atoms with E-state index in [9.17, 15) is 0 Å². The molecule has 5 nitrogen and oxygen atoms in total. The standard InChI is InChI=1S/C22H31N3O2/c1-18-6-7-21(27-18)15-24-11-8-22(9-12-24)13-20(16-26-2)25(17-22)14-19-5-3-4-10-23-19/h3-7,10,20H,8-9,11-17H2,1-2H3. The number of pyridine rings is 1. The van der Waals surface area contributed by atoms with Gasteiger partial charge in [-0.2, -0.15) is 0 Å². The molecule has 0 amide bonds. The fourth-order valence-electron chi connectivity index (χ4n) is 4.83. The number of hydrogen-bond acceptors (Lipinski definition) is 5. The number of piperidine rings is 1. The van der Waals surface area contributed by atoms with E-state index in [0.717, 1.165) is 56.5 Å². The first-order valence-corrected chi connectivity index (χ1v) is 10.1. The summed E-state index contributed by atoms with van der Waals surface area (Å²) in [4.78, 5) is 9.66. The van der Waals surface area contributed by atoms with Crippen LogP contribution in [-0.4, -0.2) is 54.2 Å². The van der Waals surface area contributed by atoms with Gasteiger partial charge in [-0.15, -0.1) is 0 Å². The molecule has 0 saturated carbocycles. The molecule has 2 saturated heterocycles. The average Bonchev–Trinajstić information content (AvgIpc) is 3.22. The Balaban J connectivity index is 1.37. The summed E-state index contributed by atoms with van der Waals surface area (Å²) in [7, 11) is 1.82. The average molecular weight is 370 g/mol. The van der Waals surface area contributed by atoms with Crippen molar-refractivity contribution in [2.45, 2.75) is 45.3 Å². The van der Waals surface area contributed by atoms with Gasteiger partial charge >= 0.3 is 0 Å². The lowest BCUT2D eigenvalue weighted by Crippen LogP contribution is -2.41. The first kappa shape index (κ1) is 18.7. The first-order chi connectivity index (χ1) is 13.2. The van der Waals surface area contributed by atoms with Gasteiger partial charge in [0.15, 0.2) is 0 Å². The van der Waals surface area contributed by atoms with Crippen molar-refractivity contribution < 1.29 is 9.15 Å². The summed E-state index contributed by atoms with van der Waals surface area (Å²) in [5.74, 6) is 2.09. The molecule has 0 aromatic carbocycles. The van der Waals surface area contributed by atoms with Crippen LogP contribution in [0.3, 0.4) is 0 Å². The molecule has 0 N–H and O–H groups in total. The van der Waals surface area contributed by atoms with Crippen LogP contribution in [-0.2, 0) is 17.8 Å². The van der Waals surface area contributed by atoms with E-state index in [1.165, 1.54) is 19.3 Å². The minimum atomic E-state index is 0.424. The zero-order valence-corrected chi connectivity index (χ0v) is 16.6. The second-order valence-electron chi connectivity index (χ2n) is 8.33. The van der Waals surface area contributed by atoms with E-state index in [1.54, 1.807) is 0 Å². The van der Waals surface area contributed by atoms with Gasteiger partial charge < -0.3 is 9.15 Å². The van der Waals surface area contributed by atoms with Crippen molar-refractivity contribution in [2.24, 2.45) is 5.41 Å². The molecule has 27 heavy (non-hydrogen) atoms. The fourth-order valence-corrected chi connectivity index (χ4v) is 4.83. The molecule has 1 atom stereocenters. The Morgan fingerprint density at radius 3 is 2.70 bits per heavy atom. The summed E-state index contributed by atoms with van der Waals surface area (Å²) in [6.07, 6.45) is 5.64. The zero-order valence-electron chi connectivity index (χ0n) is 16.6. The lowest BCUT2D eigenvalue weighted by Gasteiger charge is -2.39. The molecule has 2 aliphatic heterocycles. The number of aryl methyl sites for hydroxylation is 1. The monoisotopic (exact) mass is 369 g/mol. The largest absolute Gasteiger partial charge is 0.465 e. The van der Waals surface area contributed by atoms with Crippen LogP contribution in [0.25, 0.3) is 0 Å². The number of furan rings is 1. The van der Waals surface area contributed by atoms with E-state index in [2.05, 4.69) is 39.0 Å². The number of methoxy groups -OCH3 is 1. The van der Waals surface area contributed by atoms with Gasteiger partial charge in [0.1, 0.15) is 11.5 Å². The Labute approximate surface area is 162 Å². The summed E-state index contributed by atoms with van der Waals surface area (Å²) in [5.41, 5.74) is 1.58. The van der Waals surface area contributed by atoms with Gasteiger partial charge in [0.05, 0.1) is 18.8 Å². The smallest absolute Gasteiger partial charge is 0.118 e. The van der Waals surface area contributed by atoms with Gasteiger partial charge in [-0.05, 0) is 69.0 Å². The number of nitrogens with zero attached hydrogens (tertiary/aromatic N) is 3. The van der Waals surface area contributed by atoms with Gasteiger partial charge in [0.25, 0.3) is 0 Å². The summed E-state index contributed by atoms with van der Waals surface area (Å²) >= 11 is 0. The van der Waals surface area contributed by atoms with E-state index in [4.69, 9.17) is 9.15 Å². The Bertz CT molecular complexity index is 722. The molecule has 4 heterocycles. The Morgan fingerprint density at radius 2 is 2.04 bits per heavy atom. The third-order valence-corrected chi connectivity index (χ3v) is 6.27. The molecule has 2 aromatic heterocycles. The van der Waals surface area contributed by atoms with Crippen molar-refractivity contribution in [1.29, 1.82) is 0 Å². The highest BCUT2D eigenvalue weighted by atomic mass is 16.5. The van der Waals surface area contributed by atoms with E-state index >= 15 is 0 Å². The normalized spacial score (nSPS) is 23.3. The Hall–Kier alpha value is -1.69. The van der Waals surface area contributed by atoms with Gasteiger partial charge in [-0.25, -0.2) is 0 Å². The highest BCUT2D eigenvalue weighted by Crippen LogP contribution is 2.44. The summed E-state index contributed by atoms with van der Waals surface area (Å²) < 4.78 is 11.3. The number of rotatable bonds is 6. The molecule has 2 aromatic rings. The molecular weight excluding hydrogens is 338 g/mol. The highest BCUT2D eigenvalue weighted by molar-refractivity contribution is 5.08. The Morgan fingerprint density at radius 1 is 1.19 bits per heavy atom. The number of ether oxygens (including phenoxy) is 1. The second-order valence-corrected chi connectivity index (χ2v) is 8.33. The van der Waals surface area contributed by atoms with Crippen molar-refractivity contribution in [3.8, 4) is 0 Å². The van der Waals surface area contributed by atoms with Crippen molar-refractivity contribution in [3.05, 3.63) is 53.7 Å². The van der Waals surface area contributed by atoms with Crippen LogP contribution in [0, 0.1) is 12.3 Å². The maximum atomic E-state index is 5.76. The minimum Gasteiger partial charge on any atom is -0.465 e. The topological polar surface area (TPSA) is 41.7 Å².